The monoisotopic (exact) mass is 237 g/mol. The summed E-state index contributed by atoms with van der Waals surface area (Å²) in [5.74, 6) is 0.0191. The molecule has 0 bridgehead atoms. The Bertz CT molecular complexity index is 474. The zero-order chi connectivity index (χ0) is 12.1. The van der Waals surface area contributed by atoms with E-state index in [2.05, 4.69) is 30.3 Å². The van der Waals surface area contributed by atoms with Gasteiger partial charge in [0, 0.05) is 12.6 Å². The molecule has 0 spiro atoms. The quantitative estimate of drug-likeness (QED) is 0.823. The summed E-state index contributed by atoms with van der Waals surface area (Å²) in [6.45, 7) is 2.93. The predicted molar refractivity (Wildman–Crippen MR) is 60.0 cm³/mol. The number of halogens is 1. The second-order valence-electron chi connectivity index (χ2n) is 3.26. The Kier molecular flexibility index (Phi) is 3.49. The van der Waals surface area contributed by atoms with Gasteiger partial charge >= 0.3 is 0 Å². The number of nitrogens with one attached hydrogen (secondary N) is 2. The minimum atomic E-state index is -0.504. The molecule has 2 aromatic heterocycles. The van der Waals surface area contributed by atoms with Gasteiger partial charge in [0.2, 0.25) is 5.95 Å². The van der Waals surface area contributed by atoms with Crippen LogP contribution in [0, 0.1) is 5.82 Å². The lowest BCUT2D eigenvalue weighted by Gasteiger charge is -2.06. The molecule has 2 heterocycles. The van der Waals surface area contributed by atoms with Crippen LogP contribution < -0.4 is 10.6 Å². The molecule has 2 N–H and O–H groups in total. The molecule has 0 saturated carbocycles. The molecule has 0 aliphatic heterocycles. The van der Waals surface area contributed by atoms with Crippen LogP contribution in [0.25, 0.3) is 0 Å². The fourth-order valence-corrected chi connectivity index (χ4v) is 1.24. The number of hydrogen-bond acceptors (Lipinski definition) is 6. The van der Waals surface area contributed by atoms with Gasteiger partial charge in [0.1, 0.15) is 12.0 Å². The molecule has 0 amide bonds. The fourth-order valence-electron chi connectivity index (χ4n) is 1.24. The van der Waals surface area contributed by atoms with Crippen molar-refractivity contribution in [3.05, 3.63) is 30.0 Å². The number of hydrogen-bond donors (Lipinski definition) is 2. The molecule has 0 saturated heterocycles. The van der Waals surface area contributed by atoms with Crippen LogP contribution >= 0.6 is 0 Å². The van der Waals surface area contributed by atoms with Gasteiger partial charge in [-0.15, -0.1) is 0 Å². The summed E-state index contributed by atoms with van der Waals surface area (Å²) in [4.78, 5) is 7.80. The Morgan fingerprint density at radius 2 is 2.29 bits per heavy atom. The Balaban J connectivity index is 2.06. The van der Waals surface area contributed by atoms with Crippen molar-refractivity contribution in [2.24, 2.45) is 0 Å². The second-order valence-corrected chi connectivity index (χ2v) is 3.26. The first kappa shape index (κ1) is 11.3. The standard InChI is InChI=1S/C10H12FN5O/c1-2-12-10-14-6-8(11)9(15-10)13-5-7-3-4-17-16-7/h3-4,6H,2,5H2,1H3,(H2,12,13,14,15). The maximum Gasteiger partial charge on any atom is 0.224 e. The van der Waals surface area contributed by atoms with E-state index in [9.17, 15) is 4.39 Å². The summed E-state index contributed by atoms with van der Waals surface area (Å²) in [6, 6.07) is 1.69. The molecule has 7 heteroatoms. The molecule has 0 aliphatic rings. The molecule has 2 rings (SSSR count). The lowest BCUT2D eigenvalue weighted by Crippen LogP contribution is -2.08. The van der Waals surface area contributed by atoms with Crippen molar-refractivity contribution in [1.29, 1.82) is 0 Å². The highest BCUT2D eigenvalue weighted by atomic mass is 19.1. The van der Waals surface area contributed by atoms with E-state index in [-0.39, 0.29) is 5.82 Å². The topological polar surface area (TPSA) is 75.9 Å². The molecule has 0 aromatic carbocycles. The minimum Gasteiger partial charge on any atom is -0.364 e. The van der Waals surface area contributed by atoms with Gasteiger partial charge in [-0.1, -0.05) is 5.16 Å². The third-order valence-corrected chi connectivity index (χ3v) is 2.01. The van der Waals surface area contributed by atoms with E-state index >= 15 is 0 Å². The van der Waals surface area contributed by atoms with E-state index in [1.165, 1.54) is 6.26 Å². The first-order valence-corrected chi connectivity index (χ1v) is 5.19. The first-order valence-electron chi connectivity index (χ1n) is 5.19. The van der Waals surface area contributed by atoms with Crippen molar-refractivity contribution in [3.63, 3.8) is 0 Å². The van der Waals surface area contributed by atoms with E-state index in [1.807, 2.05) is 6.92 Å². The van der Waals surface area contributed by atoms with Gasteiger partial charge in [0.05, 0.1) is 12.7 Å². The smallest absolute Gasteiger partial charge is 0.224 e. The Labute approximate surface area is 97.3 Å². The van der Waals surface area contributed by atoms with Gasteiger partial charge in [-0.3, -0.25) is 0 Å². The molecule has 6 nitrogen and oxygen atoms in total. The van der Waals surface area contributed by atoms with Crippen molar-refractivity contribution < 1.29 is 8.91 Å². The molecule has 0 radical (unpaired) electrons. The maximum absolute atomic E-state index is 13.4. The van der Waals surface area contributed by atoms with Crippen LogP contribution in [0.1, 0.15) is 12.6 Å². The van der Waals surface area contributed by atoms with Crippen LogP contribution in [0.15, 0.2) is 23.0 Å². The van der Waals surface area contributed by atoms with Gasteiger partial charge in [-0.25, -0.2) is 9.37 Å². The van der Waals surface area contributed by atoms with Crippen LogP contribution in [-0.2, 0) is 6.54 Å². The highest BCUT2D eigenvalue weighted by Crippen LogP contribution is 2.12. The van der Waals surface area contributed by atoms with Crippen LogP contribution in [0.2, 0.25) is 0 Å². The van der Waals surface area contributed by atoms with Crippen molar-refractivity contribution in [2.75, 3.05) is 17.2 Å². The maximum atomic E-state index is 13.4. The predicted octanol–water partition coefficient (Wildman–Crippen LogP) is 1.65. The minimum absolute atomic E-state index is 0.138. The highest BCUT2D eigenvalue weighted by molar-refractivity contribution is 5.41. The van der Waals surface area contributed by atoms with Crippen LogP contribution in [-0.4, -0.2) is 21.7 Å². The summed E-state index contributed by atoms with van der Waals surface area (Å²) in [6.07, 6.45) is 2.58. The van der Waals surface area contributed by atoms with Crippen molar-refractivity contribution in [3.8, 4) is 0 Å². The highest BCUT2D eigenvalue weighted by Gasteiger charge is 2.06. The Hall–Kier alpha value is -2.18. The molecule has 0 atom stereocenters. The van der Waals surface area contributed by atoms with Gasteiger partial charge in [0.25, 0.3) is 0 Å². The molecular formula is C10H12FN5O. The summed E-state index contributed by atoms with van der Waals surface area (Å²) >= 11 is 0. The van der Waals surface area contributed by atoms with E-state index in [1.54, 1.807) is 6.07 Å². The Morgan fingerprint density at radius 3 is 3.00 bits per heavy atom. The zero-order valence-corrected chi connectivity index (χ0v) is 9.27. The average molecular weight is 237 g/mol. The number of rotatable bonds is 5. The van der Waals surface area contributed by atoms with Crippen molar-refractivity contribution >= 4 is 11.8 Å². The summed E-state index contributed by atoms with van der Waals surface area (Å²) in [7, 11) is 0. The SMILES string of the molecule is CCNc1ncc(F)c(NCc2ccon2)n1. The second kappa shape index (κ2) is 5.24. The average Bonchev–Trinajstić information content (AvgIpc) is 2.83. The third kappa shape index (κ3) is 2.90. The van der Waals surface area contributed by atoms with Gasteiger partial charge < -0.3 is 15.2 Å². The van der Waals surface area contributed by atoms with Crippen LogP contribution in [0.3, 0.4) is 0 Å². The van der Waals surface area contributed by atoms with Crippen molar-refractivity contribution in [1.82, 2.24) is 15.1 Å². The van der Waals surface area contributed by atoms with Crippen molar-refractivity contribution in [2.45, 2.75) is 13.5 Å². The molecule has 2 aromatic rings. The largest absolute Gasteiger partial charge is 0.364 e. The van der Waals surface area contributed by atoms with E-state index in [0.29, 0.717) is 24.7 Å². The summed E-state index contributed by atoms with van der Waals surface area (Å²) < 4.78 is 18.0. The molecule has 0 aliphatic carbocycles. The normalized spacial score (nSPS) is 10.2. The molecule has 0 unspecified atom stereocenters. The number of aromatic nitrogens is 3. The van der Waals surface area contributed by atoms with E-state index < -0.39 is 5.82 Å². The summed E-state index contributed by atoms with van der Waals surface area (Å²) in [5, 5.41) is 9.43. The lowest BCUT2D eigenvalue weighted by atomic mass is 10.4. The molecule has 17 heavy (non-hydrogen) atoms. The van der Waals surface area contributed by atoms with Crippen LogP contribution in [0.5, 0.6) is 0 Å². The van der Waals surface area contributed by atoms with Gasteiger partial charge in [-0.2, -0.15) is 4.98 Å². The zero-order valence-electron chi connectivity index (χ0n) is 9.27. The van der Waals surface area contributed by atoms with Gasteiger partial charge in [-0.05, 0) is 6.92 Å². The van der Waals surface area contributed by atoms with Crippen LogP contribution in [0.4, 0.5) is 16.2 Å². The van der Waals surface area contributed by atoms with E-state index in [4.69, 9.17) is 0 Å². The van der Waals surface area contributed by atoms with Gasteiger partial charge in [0.15, 0.2) is 11.6 Å². The molecule has 0 fully saturated rings. The number of nitrogens with zero attached hydrogens (tertiary/aromatic N) is 3. The summed E-state index contributed by atoms with van der Waals surface area (Å²) in [5.41, 5.74) is 0.674. The first-order chi connectivity index (χ1) is 8.29. The fraction of sp³-hybridized carbons (Fsp3) is 0.300. The molecule has 90 valence electrons. The van der Waals surface area contributed by atoms with E-state index in [0.717, 1.165) is 6.20 Å². The number of anilines is 2. The Morgan fingerprint density at radius 1 is 1.41 bits per heavy atom. The third-order valence-electron chi connectivity index (χ3n) is 2.01. The molecular weight excluding hydrogens is 225 g/mol. The lowest BCUT2D eigenvalue weighted by molar-refractivity contribution is 0.412.